The molecule has 0 amide bonds. The average Bonchev–Trinajstić information content (AvgIpc) is 2.92. The van der Waals surface area contributed by atoms with Gasteiger partial charge in [-0.15, -0.1) is 0 Å². The Hall–Kier alpha value is -2.27. The summed E-state index contributed by atoms with van der Waals surface area (Å²) in [6.07, 6.45) is 1.19. The second-order valence-corrected chi connectivity index (χ2v) is 8.48. The van der Waals surface area contributed by atoms with Crippen LogP contribution in [0, 0.1) is 12.3 Å². The molecule has 0 bridgehead atoms. The average molecular weight is 430 g/mol. The molecule has 4 nitrogen and oxygen atoms in total. The summed E-state index contributed by atoms with van der Waals surface area (Å²) in [4.78, 5) is 15.0. The van der Waals surface area contributed by atoms with Crippen LogP contribution in [0.5, 0.6) is 5.75 Å². The van der Waals surface area contributed by atoms with E-state index in [9.17, 15) is 9.90 Å². The molecule has 0 unspecified atom stereocenters. The number of halogens is 1. The summed E-state index contributed by atoms with van der Waals surface area (Å²) in [6, 6.07) is 12.2. The summed E-state index contributed by atoms with van der Waals surface area (Å²) >= 11 is 3.48. The van der Waals surface area contributed by atoms with Gasteiger partial charge in [-0.3, -0.25) is 4.79 Å². The van der Waals surface area contributed by atoms with Gasteiger partial charge >= 0.3 is 5.97 Å². The Morgan fingerprint density at radius 3 is 2.44 bits per heavy atom. The third-order valence-corrected chi connectivity index (χ3v) is 5.62. The molecule has 0 atom stereocenters. The van der Waals surface area contributed by atoms with Crippen LogP contribution in [-0.2, 0) is 17.6 Å². The van der Waals surface area contributed by atoms with E-state index in [2.05, 4.69) is 40.0 Å². The third-order valence-electron chi connectivity index (χ3n) is 5.09. The number of hydrogen-bond donors (Lipinski definition) is 2. The number of hydrogen-bond acceptors (Lipinski definition) is 2. The van der Waals surface area contributed by atoms with Crippen molar-refractivity contribution >= 4 is 32.8 Å². The standard InChI is InChI=1S/C22H24BrNO3/c1-13-18(12-22(2,3)21(25)26)24-17-9-10-19(27-4)16(20(13)17)11-14-5-7-15(23)8-6-14/h5-10,24H,11-12H2,1-4H3,(H,25,26). The molecule has 0 spiro atoms. The van der Waals surface area contributed by atoms with Crippen LogP contribution in [0.4, 0.5) is 0 Å². The van der Waals surface area contributed by atoms with Crippen molar-refractivity contribution in [2.24, 2.45) is 5.41 Å². The van der Waals surface area contributed by atoms with Gasteiger partial charge in [0, 0.05) is 39.5 Å². The number of nitrogens with one attached hydrogen (secondary N) is 1. The van der Waals surface area contributed by atoms with E-state index in [0.29, 0.717) is 6.42 Å². The van der Waals surface area contributed by atoms with Gasteiger partial charge in [0.1, 0.15) is 5.75 Å². The molecule has 2 N–H and O–H groups in total. The van der Waals surface area contributed by atoms with E-state index in [1.807, 2.05) is 24.3 Å². The summed E-state index contributed by atoms with van der Waals surface area (Å²) in [5.41, 5.74) is 4.54. The number of carboxylic acids is 1. The molecular formula is C22H24BrNO3. The Morgan fingerprint density at radius 1 is 1.19 bits per heavy atom. The van der Waals surface area contributed by atoms with Crippen LogP contribution < -0.4 is 4.74 Å². The van der Waals surface area contributed by atoms with Crippen molar-refractivity contribution in [3.63, 3.8) is 0 Å². The summed E-state index contributed by atoms with van der Waals surface area (Å²) in [6.45, 7) is 5.56. The van der Waals surface area contributed by atoms with Crippen molar-refractivity contribution in [1.82, 2.24) is 4.98 Å². The van der Waals surface area contributed by atoms with Crippen LogP contribution in [0.25, 0.3) is 10.9 Å². The van der Waals surface area contributed by atoms with Gasteiger partial charge in [-0.25, -0.2) is 0 Å². The second-order valence-electron chi connectivity index (χ2n) is 7.57. The zero-order valence-corrected chi connectivity index (χ0v) is 17.6. The van der Waals surface area contributed by atoms with E-state index in [1.165, 1.54) is 5.56 Å². The molecule has 0 saturated heterocycles. The van der Waals surface area contributed by atoms with E-state index in [-0.39, 0.29) is 0 Å². The minimum atomic E-state index is -0.832. The van der Waals surface area contributed by atoms with Gasteiger partial charge in [-0.05, 0) is 56.2 Å². The van der Waals surface area contributed by atoms with E-state index < -0.39 is 11.4 Å². The smallest absolute Gasteiger partial charge is 0.309 e. The Kier molecular flexibility index (Phi) is 5.33. The number of aryl methyl sites for hydroxylation is 1. The maximum atomic E-state index is 11.6. The Morgan fingerprint density at radius 2 is 1.85 bits per heavy atom. The van der Waals surface area contributed by atoms with Crippen LogP contribution in [0.1, 0.15) is 36.2 Å². The molecule has 0 aliphatic heterocycles. The predicted molar refractivity (Wildman–Crippen MR) is 112 cm³/mol. The number of rotatable bonds is 6. The van der Waals surface area contributed by atoms with Crippen molar-refractivity contribution in [2.75, 3.05) is 7.11 Å². The number of ether oxygens (including phenoxy) is 1. The van der Waals surface area contributed by atoms with Crippen LogP contribution in [-0.4, -0.2) is 23.2 Å². The quantitative estimate of drug-likeness (QED) is 0.544. The van der Waals surface area contributed by atoms with E-state index >= 15 is 0 Å². The summed E-state index contributed by atoms with van der Waals surface area (Å²) in [7, 11) is 1.68. The maximum Gasteiger partial charge on any atom is 0.309 e. The van der Waals surface area contributed by atoms with Gasteiger partial charge in [0.05, 0.1) is 12.5 Å². The number of aliphatic carboxylic acids is 1. The monoisotopic (exact) mass is 429 g/mol. The highest BCUT2D eigenvalue weighted by Gasteiger charge is 2.29. The fourth-order valence-corrected chi connectivity index (χ4v) is 3.70. The highest BCUT2D eigenvalue weighted by atomic mass is 79.9. The maximum absolute atomic E-state index is 11.6. The fourth-order valence-electron chi connectivity index (χ4n) is 3.44. The van der Waals surface area contributed by atoms with Gasteiger partial charge in [-0.2, -0.15) is 0 Å². The topological polar surface area (TPSA) is 62.3 Å². The molecule has 3 aromatic rings. The molecule has 0 aliphatic rings. The molecule has 0 radical (unpaired) electrons. The molecule has 1 heterocycles. The minimum absolute atomic E-state index is 0.447. The Labute approximate surface area is 167 Å². The second kappa shape index (κ2) is 7.39. The molecule has 27 heavy (non-hydrogen) atoms. The zero-order chi connectivity index (χ0) is 19.8. The lowest BCUT2D eigenvalue weighted by Crippen LogP contribution is -2.26. The van der Waals surface area contributed by atoms with Crippen molar-refractivity contribution in [1.29, 1.82) is 0 Å². The molecule has 2 aromatic carbocycles. The summed E-state index contributed by atoms with van der Waals surface area (Å²) in [5.74, 6) is 0.0461. The van der Waals surface area contributed by atoms with Crippen molar-refractivity contribution < 1.29 is 14.6 Å². The van der Waals surface area contributed by atoms with Gasteiger partial charge in [0.25, 0.3) is 0 Å². The third kappa shape index (κ3) is 3.88. The molecule has 142 valence electrons. The normalized spacial score (nSPS) is 11.7. The van der Waals surface area contributed by atoms with E-state index in [1.54, 1.807) is 21.0 Å². The zero-order valence-electron chi connectivity index (χ0n) is 16.0. The first-order valence-corrected chi connectivity index (χ1v) is 9.67. The van der Waals surface area contributed by atoms with Crippen LogP contribution in [0.2, 0.25) is 0 Å². The van der Waals surface area contributed by atoms with E-state index in [0.717, 1.165) is 44.4 Å². The molecule has 5 heteroatoms. The number of carbonyl (C=O) groups is 1. The molecule has 0 fully saturated rings. The van der Waals surface area contributed by atoms with Crippen LogP contribution in [0.3, 0.4) is 0 Å². The molecule has 1 aromatic heterocycles. The number of benzene rings is 2. The Balaban J connectivity index is 2.11. The summed E-state index contributed by atoms with van der Waals surface area (Å²) < 4.78 is 6.68. The Bertz CT molecular complexity index is 987. The highest BCUT2D eigenvalue weighted by Crippen LogP contribution is 2.35. The van der Waals surface area contributed by atoms with Gasteiger partial charge in [0.2, 0.25) is 0 Å². The largest absolute Gasteiger partial charge is 0.496 e. The van der Waals surface area contributed by atoms with E-state index in [4.69, 9.17) is 4.74 Å². The summed E-state index contributed by atoms with van der Waals surface area (Å²) in [5, 5.41) is 10.6. The van der Waals surface area contributed by atoms with Crippen LogP contribution >= 0.6 is 15.9 Å². The predicted octanol–water partition coefficient (Wildman–Crippen LogP) is 5.49. The van der Waals surface area contributed by atoms with Gasteiger partial charge in [0.15, 0.2) is 0 Å². The number of carboxylic acid groups (broad SMARTS) is 1. The minimum Gasteiger partial charge on any atom is -0.496 e. The van der Waals surface area contributed by atoms with Crippen molar-refractivity contribution in [3.8, 4) is 5.75 Å². The first-order chi connectivity index (χ1) is 12.7. The lowest BCUT2D eigenvalue weighted by molar-refractivity contribution is -0.146. The SMILES string of the molecule is COc1ccc2[nH]c(CC(C)(C)C(=O)O)c(C)c2c1Cc1ccc(Br)cc1. The van der Waals surface area contributed by atoms with Gasteiger partial charge in [-0.1, -0.05) is 28.1 Å². The fraction of sp³-hybridized carbons (Fsp3) is 0.318. The van der Waals surface area contributed by atoms with Crippen molar-refractivity contribution in [2.45, 2.75) is 33.6 Å². The molecular weight excluding hydrogens is 406 g/mol. The number of aromatic amines is 1. The number of H-pyrrole nitrogens is 1. The first kappa shape index (κ1) is 19.5. The van der Waals surface area contributed by atoms with Gasteiger partial charge < -0.3 is 14.8 Å². The van der Waals surface area contributed by atoms with Crippen LogP contribution in [0.15, 0.2) is 40.9 Å². The highest BCUT2D eigenvalue weighted by molar-refractivity contribution is 9.10. The molecule has 3 rings (SSSR count). The number of fused-ring (bicyclic) bond motifs is 1. The molecule has 0 aliphatic carbocycles. The lowest BCUT2D eigenvalue weighted by atomic mass is 9.86. The lowest BCUT2D eigenvalue weighted by Gasteiger charge is -2.18. The first-order valence-electron chi connectivity index (χ1n) is 8.88. The molecule has 0 saturated carbocycles. The number of methoxy groups -OCH3 is 1. The van der Waals surface area contributed by atoms with Crippen molar-refractivity contribution in [3.05, 3.63) is 63.3 Å². The number of aromatic nitrogens is 1.